The van der Waals surface area contributed by atoms with Gasteiger partial charge in [0.25, 0.3) is 10.0 Å². The van der Waals surface area contributed by atoms with Gasteiger partial charge in [0.2, 0.25) is 5.91 Å². The Bertz CT molecular complexity index is 1290. The van der Waals surface area contributed by atoms with Crippen LogP contribution in [0.15, 0.2) is 33.9 Å². The lowest BCUT2D eigenvalue weighted by Gasteiger charge is -2.36. The highest BCUT2D eigenvalue weighted by Gasteiger charge is 2.41. The van der Waals surface area contributed by atoms with Crippen molar-refractivity contribution in [2.24, 2.45) is 0 Å². The van der Waals surface area contributed by atoms with E-state index in [4.69, 9.17) is 21.3 Å². The minimum Gasteiger partial charge on any atom is -0.376 e. The highest BCUT2D eigenvalue weighted by molar-refractivity contribution is 7.91. The fraction of sp³-hybridized carbons (Fsp3) is 0.478. The zero-order valence-electron chi connectivity index (χ0n) is 18.8. The second kappa shape index (κ2) is 9.83. The summed E-state index contributed by atoms with van der Waals surface area (Å²) >= 11 is 8.84. The molecule has 2 aliphatic rings. The number of thiazole rings is 1. The topological polar surface area (TPSA) is 79.8 Å². The first-order valence-electron chi connectivity index (χ1n) is 11.4. The van der Waals surface area contributed by atoms with Crippen molar-refractivity contribution < 1.29 is 17.9 Å². The maximum atomic E-state index is 14.1. The van der Waals surface area contributed by atoms with Crippen molar-refractivity contribution in [2.45, 2.75) is 55.4 Å². The number of benzene rings is 1. The number of aryl methyl sites for hydroxylation is 1. The van der Waals surface area contributed by atoms with Gasteiger partial charge in [-0.2, -0.15) is 4.31 Å². The average Bonchev–Trinajstić information content (AvgIpc) is 3.59. The Labute approximate surface area is 212 Å². The van der Waals surface area contributed by atoms with E-state index in [-0.39, 0.29) is 16.2 Å². The molecule has 1 amide bonds. The number of carbonyl (C=O) groups excluding carboxylic acids is 1. The van der Waals surface area contributed by atoms with Crippen molar-refractivity contribution in [3.8, 4) is 0 Å². The van der Waals surface area contributed by atoms with Gasteiger partial charge in [0.1, 0.15) is 10.3 Å². The number of halogens is 1. The SMILES string of the molecule is Cc1cc(Cl)cc2sc(N(CC3CCCO3)C(=O)C3CCCCN3S(=O)(=O)c3cccs3)nc12. The van der Waals surface area contributed by atoms with Crippen LogP contribution in [0.1, 0.15) is 37.7 Å². The molecule has 2 atom stereocenters. The number of ether oxygens (including phenoxy) is 1. The molecule has 2 unspecified atom stereocenters. The van der Waals surface area contributed by atoms with Crippen LogP contribution in [0.3, 0.4) is 0 Å². The van der Waals surface area contributed by atoms with Gasteiger partial charge in [-0.05, 0) is 61.7 Å². The molecule has 0 saturated carbocycles. The number of carbonyl (C=O) groups is 1. The van der Waals surface area contributed by atoms with Crippen LogP contribution in [0, 0.1) is 6.92 Å². The molecule has 2 saturated heterocycles. The number of aromatic nitrogens is 1. The number of nitrogens with zero attached hydrogens (tertiary/aromatic N) is 3. The van der Waals surface area contributed by atoms with Crippen LogP contribution in [0.2, 0.25) is 5.02 Å². The van der Waals surface area contributed by atoms with E-state index in [1.54, 1.807) is 22.4 Å². The van der Waals surface area contributed by atoms with E-state index in [1.165, 1.54) is 27.0 Å². The molecule has 0 aliphatic carbocycles. The lowest BCUT2D eigenvalue weighted by atomic mass is 10.0. The Morgan fingerprint density at radius 3 is 2.88 bits per heavy atom. The van der Waals surface area contributed by atoms with Gasteiger partial charge in [0.15, 0.2) is 5.13 Å². The van der Waals surface area contributed by atoms with E-state index in [2.05, 4.69) is 0 Å². The van der Waals surface area contributed by atoms with Gasteiger partial charge in [-0.25, -0.2) is 13.4 Å². The number of piperidine rings is 1. The lowest BCUT2D eigenvalue weighted by Crippen LogP contribution is -2.54. The molecule has 182 valence electrons. The highest BCUT2D eigenvalue weighted by atomic mass is 35.5. The third kappa shape index (κ3) is 4.64. The van der Waals surface area contributed by atoms with Gasteiger partial charge >= 0.3 is 0 Å². The number of amides is 1. The van der Waals surface area contributed by atoms with Crippen molar-refractivity contribution in [3.05, 3.63) is 40.2 Å². The fourth-order valence-corrected chi connectivity index (χ4v) is 8.86. The maximum absolute atomic E-state index is 14.1. The summed E-state index contributed by atoms with van der Waals surface area (Å²) in [5.74, 6) is -0.238. The summed E-state index contributed by atoms with van der Waals surface area (Å²) in [6, 6.07) is 6.26. The van der Waals surface area contributed by atoms with Crippen molar-refractivity contribution in [2.75, 3.05) is 24.6 Å². The smallest absolute Gasteiger partial charge is 0.253 e. The molecule has 0 spiro atoms. The van der Waals surface area contributed by atoms with Gasteiger partial charge in [-0.15, -0.1) is 11.3 Å². The zero-order chi connectivity index (χ0) is 23.9. The first-order valence-corrected chi connectivity index (χ1v) is 14.9. The molecule has 34 heavy (non-hydrogen) atoms. The Hall–Kier alpha value is -1.56. The van der Waals surface area contributed by atoms with Crippen LogP contribution in [0.25, 0.3) is 10.2 Å². The number of hydrogen-bond donors (Lipinski definition) is 0. The van der Waals surface area contributed by atoms with Gasteiger partial charge in [0.05, 0.1) is 22.9 Å². The van der Waals surface area contributed by atoms with Crippen LogP contribution in [-0.2, 0) is 19.6 Å². The van der Waals surface area contributed by atoms with Gasteiger partial charge in [0, 0.05) is 18.2 Å². The summed E-state index contributed by atoms with van der Waals surface area (Å²) in [5, 5.41) is 2.92. The largest absolute Gasteiger partial charge is 0.376 e. The van der Waals surface area contributed by atoms with E-state index in [9.17, 15) is 13.2 Å². The number of fused-ring (bicyclic) bond motifs is 1. The van der Waals surface area contributed by atoms with Gasteiger partial charge in [-0.1, -0.05) is 35.4 Å². The van der Waals surface area contributed by atoms with E-state index in [0.717, 1.165) is 41.5 Å². The highest BCUT2D eigenvalue weighted by Crippen LogP contribution is 2.36. The van der Waals surface area contributed by atoms with Gasteiger partial charge in [-0.3, -0.25) is 9.69 Å². The predicted octanol–water partition coefficient (Wildman–Crippen LogP) is 5.08. The summed E-state index contributed by atoms with van der Waals surface area (Å²) in [6.07, 6.45) is 3.74. The van der Waals surface area contributed by atoms with Crippen LogP contribution in [-0.4, -0.2) is 55.5 Å². The molecule has 2 aromatic heterocycles. The molecule has 2 fully saturated rings. The Morgan fingerprint density at radius 2 is 2.15 bits per heavy atom. The molecule has 2 aliphatic heterocycles. The minimum atomic E-state index is -3.75. The molecule has 0 N–H and O–H groups in total. The van der Waals surface area contributed by atoms with E-state index < -0.39 is 16.1 Å². The molecule has 0 bridgehead atoms. The minimum absolute atomic E-state index is 0.0911. The Morgan fingerprint density at radius 1 is 1.29 bits per heavy atom. The third-order valence-corrected chi connectivity index (χ3v) is 10.9. The molecule has 11 heteroatoms. The van der Waals surface area contributed by atoms with Crippen molar-refractivity contribution in [3.63, 3.8) is 0 Å². The van der Waals surface area contributed by atoms with E-state index in [0.29, 0.717) is 36.3 Å². The second-order valence-electron chi connectivity index (χ2n) is 8.71. The summed E-state index contributed by atoms with van der Waals surface area (Å²) in [4.78, 5) is 20.5. The van der Waals surface area contributed by atoms with Crippen molar-refractivity contribution in [1.82, 2.24) is 9.29 Å². The van der Waals surface area contributed by atoms with Gasteiger partial charge < -0.3 is 4.74 Å². The zero-order valence-corrected chi connectivity index (χ0v) is 22.0. The number of sulfonamides is 1. The Balaban J connectivity index is 1.52. The van der Waals surface area contributed by atoms with Crippen molar-refractivity contribution >= 4 is 65.6 Å². The number of thiophene rings is 1. The monoisotopic (exact) mass is 539 g/mol. The number of hydrogen-bond acceptors (Lipinski definition) is 7. The van der Waals surface area contributed by atoms with Crippen LogP contribution >= 0.6 is 34.3 Å². The summed E-state index contributed by atoms with van der Waals surface area (Å²) in [6.45, 7) is 3.30. The maximum Gasteiger partial charge on any atom is 0.253 e. The molecule has 0 radical (unpaired) electrons. The first-order chi connectivity index (χ1) is 16.3. The summed E-state index contributed by atoms with van der Waals surface area (Å²) < 4.78 is 35.2. The quantitative estimate of drug-likeness (QED) is 0.436. The molecule has 7 nitrogen and oxygen atoms in total. The van der Waals surface area contributed by atoms with Crippen LogP contribution in [0.4, 0.5) is 5.13 Å². The summed E-state index contributed by atoms with van der Waals surface area (Å²) in [5.41, 5.74) is 1.75. The molecule has 5 rings (SSSR count). The fourth-order valence-electron chi connectivity index (χ4n) is 4.66. The van der Waals surface area contributed by atoms with E-state index >= 15 is 0 Å². The van der Waals surface area contributed by atoms with Crippen LogP contribution in [0.5, 0.6) is 0 Å². The molecular formula is C23H26ClN3O4S3. The molecule has 4 heterocycles. The first kappa shape index (κ1) is 24.1. The predicted molar refractivity (Wildman–Crippen MR) is 137 cm³/mol. The standard InChI is InChI=1S/C23H26ClN3O4S3/c1-15-12-16(24)13-19-21(15)25-23(33-19)26(14-17-6-4-10-31-17)22(28)18-7-2-3-9-27(18)34(29,30)20-8-5-11-32-20/h5,8,11-13,17-18H,2-4,6-7,9-10,14H2,1H3. The molecular weight excluding hydrogens is 514 g/mol. The van der Waals surface area contributed by atoms with E-state index in [1.807, 2.05) is 19.1 Å². The Kier molecular flexibility index (Phi) is 6.98. The number of anilines is 1. The third-order valence-electron chi connectivity index (χ3n) is 6.34. The normalized spacial score (nSPS) is 21.8. The molecule has 1 aromatic carbocycles. The molecule has 3 aromatic rings. The van der Waals surface area contributed by atoms with Crippen LogP contribution < -0.4 is 4.90 Å². The summed E-state index contributed by atoms with van der Waals surface area (Å²) in [7, 11) is -3.75. The number of rotatable bonds is 6. The lowest BCUT2D eigenvalue weighted by molar-refractivity contribution is -0.123. The van der Waals surface area contributed by atoms with Crippen molar-refractivity contribution in [1.29, 1.82) is 0 Å². The second-order valence-corrected chi connectivity index (χ2v) is 13.2. The average molecular weight is 540 g/mol.